The SMILES string of the molecule is COc1ccnc(CN(C)c2cc(C3CC3)nn3cnnc23)c1. The lowest BCUT2D eigenvalue weighted by Crippen LogP contribution is -2.19. The highest BCUT2D eigenvalue weighted by Crippen LogP contribution is 2.40. The van der Waals surface area contributed by atoms with Crippen molar-refractivity contribution in [3.8, 4) is 5.75 Å². The van der Waals surface area contributed by atoms with E-state index in [4.69, 9.17) is 4.74 Å². The van der Waals surface area contributed by atoms with E-state index in [0.717, 1.165) is 28.5 Å². The second-order valence-electron chi connectivity index (χ2n) is 5.87. The lowest BCUT2D eigenvalue weighted by atomic mass is 10.2. The zero-order chi connectivity index (χ0) is 15.8. The molecule has 0 amide bonds. The monoisotopic (exact) mass is 310 g/mol. The Hall–Kier alpha value is -2.70. The molecule has 0 saturated heterocycles. The van der Waals surface area contributed by atoms with E-state index < -0.39 is 0 Å². The summed E-state index contributed by atoms with van der Waals surface area (Å²) in [5.41, 5.74) is 3.83. The molecule has 23 heavy (non-hydrogen) atoms. The van der Waals surface area contributed by atoms with Crippen LogP contribution in [-0.2, 0) is 6.54 Å². The molecule has 3 aromatic rings. The molecule has 0 aliphatic heterocycles. The first-order valence-electron chi connectivity index (χ1n) is 7.65. The lowest BCUT2D eigenvalue weighted by Gasteiger charge is -2.20. The third-order valence-electron chi connectivity index (χ3n) is 4.10. The van der Waals surface area contributed by atoms with Crippen molar-refractivity contribution in [2.24, 2.45) is 0 Å². The van der Waals surface area contributed by atoms with Gasteiger partial charge in [0.05, 0.1) is 30.7 Å². The fourth-order valence-corrected chi connectivity index (χ4v) is 2.69. The number of ether oxygens (including phenoxy) is 1. The van der Waals surface area contributed by atoms with Crippen LogP contribution < -0.4 is 9.64 Å². The number of anilines is 1. The first-order valence-corrected chi connectivity index (χ1v) is 7.65. The third-order valence-corrected chi connectivity index (χ3v) is 4.10. The standard InChI is InChI=1S/C16H18N6O/c1-21(9-12-7-13(23-2)5-6-17-12)15-8-14(11-3-4-11)20-22-10-18-19-16(15)22/h5-8,10-11H,3-4,9H2,1-2H3. The minimum absolute atomic E-state index is 0.573. The minimum Gasteiger partial charge on any atom is -0.497 e. The zero-order valence-corrected chi connectivity index (χ0v) is 13.2. The topological polar surface area (TPSA) is 68.4 Å². The van der Waals surface area contributed by atoms with Crippen LogP contribution in [0.5, 0.6) is 5.75 Å². The number of fused-ring (bicyclic) bond motifs is 1. The number of hydrogen-bond acceptors (Lipinski definition) is 6. The van der Waals surface area contributed by atoms with Crippen molar-refractivity contribution >= 4 is 11.3 Å². The molecule has 1 saturated carbocycles. The highest BCUT2D eigenvalue weighted by molar-refractivity contribution is 5.68. The Morgan fingerprint density at radius 1 is 1.35 bits per heavy atom. The van der Waals surface area contributed by atoms with Gasteiger partial charge in [-0.1, -0.05) is 0 Å². The molecule has 4 rings (SSSR count). The van der Waals surface area contributed by atoms with Crippen LogP contribution in [-0.4, -0.2) is 39.0 Å². The molecule has 0 radical (unpaired) electrons. The number of nitrogens with zero attached hydrogens (tertiary/aromatic N) is 6. The average Bonchev–Trinajstić information content (AvgIpc) is 3.31. The summed E-state index contributed by atoms with van der Waals surface area (Å²) in [6.07, 6.45) is 5.83. The Morgan fingerprint density at radius 2 is 2.22 bits per heavy atom. The van der Waals surface area contributed by atoms with Crippen LogP contribution in [0.2, 0.25) is 0 Å². The summed E-state index contributed by atoms with van der Waals surface area (Å²) in [5.74, 6) is 1.38. The van der Waals surface area contributed by atoms with E-state index in [9.17, 15) is 0 Å². The van der Waals surface area contributed by atoms with Crippen molar-refractivity contribution in [1.82, 2.24) is 24.8 Å². The van der Waals surface area contributed by atoms with Crippen molar-refractivity contribution in [2.45, 2.75) is 25.3 Å². The van der Waals surface area contributed by atoms with E-state index >= 15 is 0 Å². The van der Waals surface area contributed by atoms with Crippen molar-refractivity contribution in [2.75, 3.05) is 19.1 Å². The molecule has 1 fully saturated rings. The Balaban J connectivity index is 1.68. The number of aromatic nitrogens is 5. The maximum Gasteiger partial charge on any atom is 0.200 e. The molecule has 7 heteroatoms. The quantitative estimate of drug-likeness (QED) is 0.718. The van der Waals surface area contributed by atoms with Gasteiger partial charge in [-0.05, 0) is 25.0 Å². The third kappa shape index (κ3) is 2.69. The lowest BCUT2D eigenvalue weighted by molar-refractivity contribution is 0.413. The normalized spacial score (nSPS) is 14.2. The molecule has 0 N–H and O–H groups in total. The second-order valence-corrected chi connectivity index (χ2v) is 5.87. The van der Waals surface area contributed by atoms with Gasteiger partial charge < -0.3 is 9.64 Å². The molecule has 0 aromatic carbocycles. The van der Waals surface area contributed by atoms with Gasteiger partial charge in [-0.25, -0.2) is 0 Å². The Kier molecular flexibility index (Phi) is 3.33. The van der Waals surface area contributed by atoms with Gasteiger partial charge >= 0.3 is 0 Å². The summed E-state index contributed by atoms with van der Waals surface area (Å²) in [4.78, 5) is 6.53. The summed E-state index contributed by atoms with van der Waals surface area (Å²) in [7, 11) is 3.69. The van der Waals surface area contributed by atoms with E-state index in [1.807, 2.05) is 19.2 Å². The van der Waals surface area contributed by atoms with Gasteiger partial charge in [0.2, 0.25) is 5.65 Å². The van der Waals surface area contributed by atoms with Crippen molar-refractivity contribution in [3.05, 3.63) is 42.1 Å². The zero-order valence-electron chi connectivity index (χ0n) is 13.2. The van der Waals surface area contributed by atoms with E-state index in [0.29, 0.717) is 12.5 Å². The molecule has 7 nitrogen and oxygen atoms in total. The van der Waals surface area contributed by atoms with Crippen LogP contribution in [0.3, 0.4) is 0 Å². The molecular weight excluding hydrogens is 292 g/mol. The van der Waals surface area contributed by atoms with Gasteiger partial charge in [0.15, 0.2) is 0 Å². The van der Waals surface area contributed by atoms with Crippen LogP contribution in [0.25, 0.3) is 5.65 Å². The van der Waals surface area contributed by atoms with Crippen molar-refractivity contribution < 1.29 is 4.74 Å². The van der Waals surface area contributed by atoms with Crippen molar-refractivity contribution in [1.29, 1.82) is 0 Å². The largest absolute Gasteiger partial charge is 0.497 e. The number of methoxy groups -OCH3 is 1. The predicted molar refractivity (Wildman–Crippen MR) is 85.7 cm³/mol. The van der Waals surface area contributed by atoms with Crippen LogP contribution in [0.4, 0.5) is 5.69 Å². The Labute approximate surface area is 133 Å². The smallest absolute Gasteiger partial charge is 0.200 e. The number of hydrogen-bond donors (Lipinski definition) is 0. The molecule has 3 heterocycles. The van der Waals surface area contributed by atoms with E-state index in [1.165, 1.54) is 12.8 Å². The second kappa shape index (κ2) is 5.49. The fraction of sp³-hybridized carbons (Fsp3) is 0.375. The Bertz CT molecular complexity index is 841. The molecule has 118 valence electrons. The molecule has 0 spiro atoms. The van der Waals surface area contributed by atoms with Gasteiger partial charge in [0.1, 0.15) is 12.1 Å². The summed E-state index contributed by atoms with van der Waals surface area (Å²) in [6, 6.07) is 5.92. The van der Waals surface area contributed by atoms with E-state index in [-0.39, 0.29) is 0 Å². The predicted octanol–water partition coefficient (Wildman–Crippen LogP) is 2.04. The van der Waals surface area contributed by atoms with Crippen LogP contribution in [0, 0.1) is 0 Å². The summed E-state index contributed by atoms with van der Waals surface area (Å²) < 4.78 is 7.03. The maximum absolute atomic E-state index is 5.26. The first kappa shape index (κ1) is 13.9. The van der Waals surface area contributed by atoms with Crippen LogP contribution >= 0.6 is 0 Å². The van der Waals surface area contributed by atoms with Crippen molar-refractivity contribution in [3.63, 3.8) is 0 Å². The number of rotatable bonds is 5. The fourth-order valence-electron chi connectivity index (χ4n) is 2.69. The summed E-state index contributed by atoms with van der Waals surface area (Å²) in [6.45, 7) is 0.661. The summed E-state index contributed by atoms with van der Waals surface area (Å²) >= 11 is 0. The Morgan fingerprint density at radius 3 is 3.00 bits per heavy atom. The molecular formula is C16H18N6O. The molecule has 0 unspecified atom stereocenters. The average molecular weight is 310 g/mol. The molecule has 1 aliphatic carbocycles. The van der Waals surface area contributed by atoms with Gasteiger partial charge in [-0.3, -0.25) is 4.98 Å². The van der Waals surface area contributed by atoms with Gasteiger partial charge in [-0.2, -0.15) is 9.61 Å². The number of pyridine rings is 1. The van der Waals surface area contributed by atoms with Crippen LogP contribution in [0.1, 0.15) is 30.1 Å². The highest BCUT2D eigenvalue weighted by Gasteiger charge is 2.27. The van der Waals surface area contributed by atoms with E-state index in [2.05, 4.69) is 31.2 Å². The maximum atomic E-state index is 5.26. The first-order chi connectivity index (χ1) is 11.2. The minimum atomic E-state index is 0.573. The highest BCUT2D eigenvalue weighted by atomic mass is 16.5. The molecule has 0 bridgehead atoms. The van der Waals surface area contributed by atoms with Gasteiger partial charge in [-0.15, -0.1) is 10.2 Å². The molecule has 0 atom stereocenters. The summed E-state index contributed by atoms with van der Waals surface area (Å²) in [5, 5.41) is 12.8. The van der Waals surface area contributed by atoms with Gasteiger partial charge in [0, 0.05) is 25.2 Å². The molecule has 3 aromatic heterocycles. The molecule has 1 aliphatic rings. The van der Waals surface area contributed by atoms with Gasteiger partial charge in [0.25, 0.3) is 0 Å². The van der Waals surface area contributed by atoms with E-state index in [1.54, 1.807) is 24.1 Å². The van der Waals surface area contributed by atoms with Crippen LogP contribution in [0.15, 0.2) is 30.7 Å².